The molecular formula is C21H19N5O4. The Morgan fingerprint density at radius 3 is 2.73 bits per heavy atom. The maximum absolute atomic E-state index is 12.8. The molecule has 9 heteroatoms. The molecule has 0 unspecified atom stereocenters. The summed E-state index contributed by atoms with van der Waals surface area (Å²) < 4.78 is 11.8. The Labute approximate surface area is 171 Å². The van der Waals surface area contributed by atoms with Crippen molar-refractivity contribution < 1.29 is 14.1 Å². The van der Waals surface area contributed by atoms with Crippen LogP contribution in [0.1, 0.15) is 27.9 Å². The fourth-order valence-corrected chi connectivity index (χ4v) is 3.12. The number of carbonyl (C=O) groups is 1. The van der Waals surface area contributed by atoms with Gasteiger partial charge in [-0.05, 0) is 25.1 Å². The van der Waals surface area contributed by atoms with Crippen LogP contribution in [0.3, 0.4) is 0 Å². The van der Waals surface area contributed by atoms with Crippen LogP contribution in [0, 0.1) is 6.92 Å². The minimum absolute atomic E-state index is 0.0474. The largest absolute Gasteiger partial charge is 0.496 e. The Morgan fingerprint density at radius 1 is 1.13 bits per heavy atom. The number of amides is 1. The van der Waals surface area contributed by atoms with E-state index in [1.54, 1.807) is 32.2 Å². The van der Waals surface area contributed by atoms with E-state index in [4.69, 9.17) is 9.26 Å². The van der Waals surface area contributed by atoms with Crippen molar-refractivity contribution in [1.29, 1.82) is 0 Å². The van der Waals surface area contributed by atoms with Crippen molar-refractivity contribution in [2.45, 2.75) is 20.0 Å². The Bertz CT molecular complexity index is 1280. The first kappa shape index (κ1) is 19.3. The topological polar surface area (TPSA) is 112 Å². The fraction of sp³-hybridized carbons (Fsp3) is 0.190. The Hall–Kier alpha value is -4.01. The number of aromatic nitrogens is 4. The van der Waals surface area contributed by atoms with Crippen LogP contribution in [0.15, 0.2) is 57.8 Å². The summed E-state index contributed by atoms with van der Waals surface area (Å²) in [6, 6.07) is 14.5. The zero-order valence-corrected chi connectivity index (χ0v) is 16.5. The van der Waals surface area contributed by atoms with Crippen molar-refractivity contribution >= 4 is 16.8 Å². The molecule has 0 aliphatic carbocycles. The van der Waals surface area contributed by atoms with Gasteiger partial charge in [0.25, 0.3) is 5.56 Å². The molecule has 1 N–H and O–H groups in total. The van der Waals surface area contributed by atoms with Gasteiger partial charge >= 0.3 is 11.8 Å². The number of para-hydroxylation sites is 2. The third-order valence-electron chi connectivity index (χ3n) is 4.65. The van der Waals surface area contributed by atoms with Crippen molar-refractivity contribution in [3.05, 3.63) is 82.0 Å². The highest BCUT2D eigenvalue weighted by Crippen LogP contribution is 2.17. The minimum atomic E-state index is -0.514. The van der Waals surface area contributed by atoms with Crippen molar-refractivity contribution in [3.8, 4) is 5.75 Å². The molecular weight excluding hydrogens is 386 g/mol. The second kappa shape index (κ2) is 8.16. The number of hydrogen-bond donors (Lipinski definition) is 1. The summed E-state index contributed by atoms with van der Waals surface area (Å²) in [5.74, 6) is 0.702. The molecule has 0 radical (unpaired) electrons. The molecule has 0 bridgehead atoms. The summed E-state index contributed by atoms with van der Waals surface area (Å²) in [4.78, 5) is 33.7. The number of nitrogens with one attached hydrogen (secondary N) is 1. The summed E-state index contributed by atoms with van der Waals surface area (Å²) >= 11 is 0. The molecule has 2 heterocycles. The molecule has 9 nitrogen and oxygen atoms in total. The molecule has 0 aliphatic heterocycles. The van der Waals surface area contributed by atoms with Crippen molar-refractivity contribution in [3.63, 3.8) is 0 Å². The van der Waals surface area contributed by atoms with Crippen molar-refractivity contribution in [1.82, 2.24) is 25.0 Å². The lowest BCUT2D eigenvalue weighted by atomic mass is 10.2. The van der Waals surface area contributed by atoms with Crippen molar-refractivity contribution in [2.75, 3.05) is 7.11 Å². The van der Waals surface area contributed by atoms with Gasteiger partial charge in [0.2, 0.25) is 0 Å². The van der Waals surface area contributed by atoms with E-state index < -0.39 is 5.91 Å². The van der Waals surface area contributed by atoms with Crippen molar-refractivity contribution in [2.24, 2.45) is 0 Å². The number of methoxy groups -OCH3 is 1. The summed E-state index contributed by atoms with van der Waals surface area (Å²) in [6.07, 6.45) is 0. The molecule has 152 valence electrons. The number of rotatable bonds is 6. The number of carbonyl (C=O) groups excluding carboxylic acids is 1. The average molecular weight is 405 g/mol. The summed E-state index contributed by atoms with van der Waals surface area (Å²) in [5.41, 5.74) is 1.24. The maximum atomic E-state index is 12.8. The van der Waals surface area contributed by atoms with Gasteiger partial charge in [-0.15, -0.1) is 0 Å². The normalized spacial score (nSPS) is 10.9. The highest BCUT2D eigenvalue weighted by Gasteiger charge is 2.17. The molecule has 2 aromatic heterocycles. The number of hydrogen-bond acceptors (Lipinski definition) is 7. The van der Waals surface area contributed by atoms with Gasteiger partial charge in [-0.3, -0.25) is 14.2 Å². The predicted molar refractivity (Wildman–Crippen MR) is 108 cm³/mol. The lowest BCUT2D eigenvalue weighted by Gasteiger charge is -2.08. The van der Waals surface area contributed by atoms with E-state index in [-0.39, 0.29) is 30.4 Å². The molecule has 0 spiro atoms. The molecule has 0 fully saturated rings. The third-order valence-corrected chi connectivity index (χ3v) is 4.65. The molecule has 1 amide bonds. The average Bonchev–Trinajstić information content (AvgIpc) is 3.24. The first-order valence-corrected chi connectivity index (χ1v) is 9.25. The quantitative estimate of drug-likeness (QED) is 0.523. The molecule has 0 atom stereocenters. The standard InChI is InChI=1S/C21H19N5O4/c1-13-23-16-9-5-4-8-15(16)21(28)26(13)12-18-24-20(30-25-18)19(27)22-11-14-7-3-6-10-17(14)29-2/h3-10H,11-12H2,1-2H3,(H,22,27). The van der Waals surface area contributed by atoms with E-state index in [0.717, 1.165) is 5.56 Å². The Morgan fingerprint density at radius 2 is 1.90 bits per heavy atom. The van der Waals surface area contributed by atoms with Crippen LogP contribution < -0.4 is 15.6 Å². The van der Waals surface area contributed by atoms with Gasteiger partial charge in [0.15, 0.2) is 5.82 Å². The van der Waals surface area contributed by atoms with Gasteiger partial charge < -0.3 is 14.6 Å². The molecule has 4 rings (SSSR count). The van der Waals surface area contributed by atoms with E-state index in [1.807, 2.05) is 30.3 Å². The van der Waals surface area contributed by atoms with E-state index in [1.165, 1.54) is 4.57 Å². The van der Waals surface area contributed by atoms with E-state index >= 15 is 0 Å². The number of aryl methyl sites for hydroxylation is 1. The van der Waals surface area contributed by atoms with Crippen LogP contribution in [0.25, 0.3) is 10.9 Å². The van der Waals surface area contributed by atoms with Gasteiger partial charge in [-0.2, -0.15) is 4.98 Å². The van der Waals surface area contributed by atoms with E-state index in [9.17, 15) is 9.59 Å². The lowest BCUT2D eigenvalue weighted by molar-refractivity contribution is 0.0906. The van der Waals surface area contributed by atoms with Gasteiger partial charge in [-0.1, -0.05) is 35.5 Å². The van der Waals surface area contributed by atoms with Gasteiger partial charge in [-0.25, -0.2) is 4.98 Å². The van der Waals surface area contributed by atoms with Crippen LogP contribution in [-0.4, -0.2) is 32.7 Å². The van der Waals surface area contributed by atoms with Crippen LogP contribution in [0.4, 0.5) is 0 Å². The molecule has 0 saturated carbocycles. The van der Waals surface area contributed by atoms with Crippen LogP contribution in [0.5, 0.6) is 5.75 Å². The maximum Gasteiger partial charge on any atom is 0.316 e. The number of benzene rings is 2. The smallest absolute Gasteiger partial charge is 0.316 e. The minimum Gasteiger partial charge on any atom is -0.496 e. The number of ether oxygens (including phenoxy) is 1. The molecule has 0 aliphatic rings. The molecule has 4 aromatic rings. The zero-order chi connectivity index (χ0) is 21.1. The highest BCUT2D eigenvalue weighted by molar-refractivity contribution is 5.89. The SMILES string of the molecule is COc1ccccc1CNC(=O)c1nc(Cn2c(C)nc3ccccc3c2=O)no1. The molecule has 30 heavy (non-hydrogen) atoms. The Kier molecular flexibility index (Phi) is 5.25. The summed E-state index contributed by atoms with van der Waals surface area (Å²) in [5, 5.41) is 7.04. The fourth-order valence-electron chi connectivity index (χ4n) is 3.12. The summed E-state index contributed by atoms with van der Waals surface area (Å²) in [7, 11) is 1.57. The molecule has 2 aromatic carbocycles. The molecule has 0 saturated heterocycles. The van der Waals surface area contributed by atoms with Gasteiger partial charge in [0.05, 0.1) is 24.6 Å². The predicted octanol–water partition coefficient (Wildman–Crippen LogP) is 2.07. The zero-order valence-electron chi connectivity index (χ0n) is 16.5. The second-order valence-electron chi connectivity index (χ2n) is 6.58. The van der Waals surface area contributed by atoms with Crippen LogP contribution in [-0.2, 0) is 13.1 Å². The van der Waals surface area contributed by atoms with E-state index in [0.29, 0.717) is 22.5 Å². The van der Waals surface area contributed by atoms with E-state index in [2.05, 4.69) is 20.4 Å². The van der Waals surface area contributed by atoms with Gasteiger partial charge in [0, 0.05) is 12.1 Å². The number of nitrogens with zero attached hydrogens (tertiary/aromatic N) is 4. The summed E-state index contributed by atoms with van der Waals surface area (Å²) in [6.45, 7) is 2.02. The van der Waals surface area contributed by atoms with Gasteiger partial charge in [0.1, 0.15) is 11.6 Å². The number of fused-ring (bicyclic) bond motifs is 1. The lowest BCUT2D eigenvalue weighted by Crippen LogP contribution is -2.25. The third kappa shape index (κ3) is 3.77. The monoisotopic (exact) mass is 405 g/mol. The first-order valence-electron chi connectivity index (χ1n) is 9.25. The first-order chi connectivity index (χ1) is 14.6. The Balaban J connectivity index is 1.50. The second-order valence-corrected chi connectivity index (χ2v) is 6.58. The van der Waals surface area contributed by atoms with Crippen LogP contribution in [0.2, 0.25) is 0 Å². The highest BCUT2D eigenvalue weighted by atomic mass is 16.5. The van der Waals surface area contributed by atoms with Crippen LogP contribution >= 0.6 is 0 Å².